The molecule has 1 atom stereocenters. The minimum atomic E-state index is -0.799. The van der Waals surface area contributed by atoms with Crippen LogP contribution in [0.3, 0.4) is 0 Å². The summed E-state index contributed by atoms with van der Waals surface area (Å²) in [5, 5.41) is 20.2. The van der Waals surface area contributed by atoms with E-state index in [1.54, 1.807) is 0 Å². The van der Waals surface area contributed by atoms with Gasteiger partial charge in [-0.15, -0.1) is 0 Å². The second kappa shape index (κ2) is 5.44. The summed E-state index contributed by atoms with van der Waals surface area (Å²) in [5.74, 6) is -0.328. The average Bonchev–Trinajstić information content (AvgIpc) is 2.85. The van der Waals surface area contributed by atoms with Crippen molar-refractivity contribution in [3.05, 3.63) is 28.4 Å². The lowest BCUT2D eigenvalue weighted by Gasteiger charge is -2.24. The van der Waals surface area contributed by atoms with Crippen LogP contribution < -0.4 is 4.90 Å². The molecule has 0 amide bonds. The van der Waals surface area contributed by atoms with Crippen molar-refractivity contribution in [2.24, 2.45) is 5.41 Å². The van der Waals surface area contributed by atoms with E-state index in [1.165, 1.54) is 18.3 Å². The van der Waals surface area contributed by atoms with Crippen molar-refractivity contribution in [1.29, 1.82) is 0 Å². The number of aliphatic carboxylic acids is 1. The van der Waals surface area contributed by atoms with Crippen LogP contribution in [0, 0.1) is 15.5 Å². The molecule has 7 heteroatoms. The first-order valence-electron chi connectivity index (χ1n) is 6.57. The van der Waals surface area contributed by atoms with Crippen LogP contribution in [0.15, 0.2) is 18.3 Å². The summed E-state index contributed by atoms with van der Waals surface area (Å²) in [5.41, 5.74) is -0.792. The van der Waals surface area contributed by atoms with Crippen LogP contribution in [0.25, 0.3) is 0 Å². The van der Waals surface area contributed by atoms with Gasteiger partial charge in [0.2, 0.25) is 0 Å². The topological polar surface area (TPSA) is 96.6 Å². The van der Waals surface area contributed by atoms with Gasteiger partial charge >= 0.3 is 5.97 Å². The molecule has 0 radical (unpaired) electrons. The van der Waals surface area contributed by atoms with Crippen LogP contribution in [0.2, 0.25) is 0 Å². The third-order valence-corrected chi connectivity index (χ3v) is 3.80. The molecule has 20 heavy (non-hydrogen) atoms. The van der Waals surface area contributed by atoms with Gasteiger partial charge in [-0.05, 0) is 12.8 Å². The maximum atomic E-state index is 11.5. The van der Waals surface area contributed by atoms with Crippen molar-refractivity contribution in [2.45, 2.75) is 26.2 Å². The minimum Gasteiger partial charge on any atom is -0.481 e. The summed E-state index contributed by atoms with van der Waals surface area (Å²) in [7, 11) is 0. The van der Waals surface area contributed by atoms with Crippen molar-refractivity contribution in [3.63, 3.8) is 0 Å². The van der Waals surface area contributed by atoms with E-state index >= 15 is 0 Å². The minimum absolute atomic E-state index is 0.0293. The molecule has 0 bridgehead atoms. The second-order valence-electron chi connectivity index (χ2n) is 5.14. The van der Waals surface area contributed by atoms with Crippen LogP contribution in [0.5, 0.6) is 0 Å². The van der Waals surface area contributed by atoms with Crippen LogP contribution in [0.1, 0.15) is 26.2 Å². The van der Waals surface area contributed by atoms with E-state index in [9.17, 15) is 20.0 Å². The number of carbonyl (C=O) groups is 1. The summed E-state index contributed by atoms with van der Waals surface area (Å²) >= 11 is 0. The lowest BCUT2D eigenvalue weighted by Crippen LogP contribution is -2.34. The van der Waals surface area contributed by atoms with E-state index in [0.717, 1.165) is 6.42 Å². The zero-order valence-electron chi connectivity index (χ0n) is 11.3. The molecule has 1 unspecified atom stereocenters. The normalized spacial score (nSPS) is 21.9. The Bertz CT molecular complexity index is 534. The van der Waals surface area contributed by atoms with Gasteiger partial charge in [-0.2, -0.15) is 0 Å². The largest absolute Gasteiger partial charge is 0.481 e. The maximum absolute atomic E-state index is 11.5. The fraction of sp³-hybridized carbons (Fsp3) is 0.538. The quantitative estimate of drug-likeness (QED) is 0.654. The van der Waals surface area contributed by atoms with Crippen molar-refractivity contribution < 1.29 is 14.8 Å². The monoisotopic (exact) mass is 279 g/mol. The summed E-state index contributed by atoms with van der Waals surface area (Å²) in [6.07, 6.45) is 3.32. The molecule has 0 aromatic carbocycles. The summed E-state index contributed by atoms with van der Waals surface area (Å²) in [6, 6.07) is 2.72. The Morgan fingerprint density at radius 2 is 2.40 bits per heavy atom. The number of rotatable bonds is 5. The molecular weight excluding hydrogens is 262 g/mol. The standard InChI is InChI=1S/C13H17N3O4/c1-2-4-13(12(17)18)5-7-15(9-13)11-8-10(16(19)20)3-6-14-11/h3,6,8H,2,4-5,7,9H2,1H3,(H,17,18). The number of nitro groups is 1. The highest BCUT2D eigenvalue weighted by Crippen LogP contribution is 2.37. The van der Waals surface area contributed by atoms with Crippen molar-refractivity contribution in [2.75, 3.05) is 18.0 Å². The first kappa shape index (κ1) is 14.2. The summed E-state index contributed by atoms with van der Waals surface area (Å²) in [6.45, 7) is 2.86. The number of hydrogen-bond acceptors (Lipinski definition) is 5. The van der Waals surface area contributed by atoms with E-state index in [4.69, 9.17) is 0 Å². The summed E-state index contributed by atoms with van der Waals surface area (Å²) in [4.78, 5) is 27.7. The Morgan fingerprint density at radius 1 is 1.65 bits per heavy atom. The van der Waals surface area contributed by atoms with E-state index in [2.05, 4.69) is 4.98 Å². The first-order chi connectivity index (χ1) is 9.48. The Balaban J connectivity index is 2.22. The van der Waals surface area contributed by atoms with Gasteiger partial charge < -0.3 is 10.0 Å². The molecule has 1 fully saturated rings. The zero-order valence-corrected chi connectivity index (χ0v) is 11.3. The van der Waals surface area contributed by atoms with Gasteiger partial charge in [-0.3, -0.25) is 14.9 Å². The Labute approximate surface area is 116 Å². The van der Waals surface area contributed by atoms with Gasteiger partial charge in [0.15, 0.2) is 0 Å². The maximum Gasteiger partial charge on any atom is 0.311 e. The van der Waals surface area contributed by atoms with Gasteiger partial charge in [0.25, 0.3) is 5.69 Å². The highest BCUT2D eigenvalue weighted by atomic mass is 16.6. The highest BCUT2D eigenvalue weighted by Gasteiger charge is 2.44. The molecule has 108 valence electrons. The molecule has 1 aliphatic heterocycles. The lowest BCUT2D eigenvalue weighted by molar-refractivity contribution is -0.384. The molecule has 1 aromatic rings. The lowest BCUT2D eigenvalue weighted by atomic mass is 9.83. The fourth-order valence-electron chi connectivity index (χ4n) is 2.73. The van der Waals surface area contributed by atoms with Gasteiger partial charge in [0, 0.05) is 25.4 Å². The molecule has 0 saturated carbocycles. The van der Waals surface area contributed by atoms with E-state index in [1.807, 2.05) is 11.8 Å². The molecule has 1 aromatic heterocycles. The van der Waals surface area contributed by atoms with Gasteiger partial charge in [0.1, 0.15) is 5.82 Å². The first-order valence-corrected chi connectivity index (χ1v) is 6.57. The predicted molar refractivity (Wildman–Crippen MR) is 72.7 cm³/mol. The number of nitrogens with zero attached hydrogens (tertiary/aromatic N) is 3. The van der Waals surface area contributed by atoms with E-state index in [0.29, 0.717) is 31.7 Å². The van der Waals surface area contributed by atoms with Gasteiger partial charge in [-0.25, -0.2) is 4.98 Å². The number of carboxylic acid groups (broad SMARTS) is 1. The van der Waals surface area contributed by atoms with E-state index in [-0.39, 0.29) is 5.69 Å². The average molecular weight is 279 g/mol. The summed E-state index contributed by atoms with van der Waals surface area (Å²) < 4.78 is 0. The smallest absolute Gasteiger partial charge is 0.311 e. The Morgan fingerprint density at radius 3 is 3.00 bits per heavy atom. The molecule has 0 aliphatic carbocycles. The second-order valence-corrected chi connectivity index (χ2v) is 5.14. The number of anilines is 1. The molecule has 1 aliphatic rings. The Kier molecular flexibility index (Phi) is 3.87. The predicted octanol–water partition coefficient (Wildman–Crippen LogP) is 2.07. The van der Waals surface area contributed by atoms with Crippen molar-refractivity contribution in [3.8, 4) is 0 Å². The van der Waals surface area contributed by atoms with Gasteiger partial charge in [-0.1, -0.05) is 13.3 Å². The van der Waals surface area contributed by atoms with Crippen LogP contribution in [0.4, 0.5) is 11.5 Å². The molecule has 0 spiro atoms. The number of pyridine rings is 1. The molecule has 1 N–H and O–H groups in total. The van der Waals surface area contributed by atoms with Crippen molar-refractivity contribution in [1.82, 2.24) is 4.98 Å². The van der Waals surface area contributed by atoms with Crippen LogP contribution in [-0.4, -0.2) is 34.1 Å². The van der Waals surface area contributed by atoms with Crippen molar-refractivity contribution >= 4 is 17.5 Å². The third-order valence-electron chi connectivity index (χ3n) is 3.80. The zero-order chi connectivity index (χ0) is 14.8. The number of carboxylic acids is 1. The molecule has 2 rings (SSSR count). The third kappa shape index (κ3) is 2.56. The number of aromatic nitrogens is 1. The van der Waals surface area contributed by atoms with Gasteiger partial charge in [0.05, 0.1) is 16.4 Å². The highest BCUT2D eigenvalue weighted by molar-refractivity contribution is 5.76. The molecular formula is C13H17N3O4. The molecule has 1 saturated heterocycles. The van der Waals surface area contributed by atoms with Crippen LogP contribution >= 0.6 is 0 Å². The Hall–Kier alpha value is -2.18. The fourth-order valence-corrected chi connectivity index (χ4v) is 2.73. The molecule has 2 heterocycles. The van der Waals surface area contributed by atoms with E-state index < -0.39 is 16.3 Å². The SMILES string of the molecule is CCCC1(C(=O)O)CCN(c2cc([N+](=O)[O-])ccn2)C1. The molecule has 7 nitrogen and oxygen atoms in total. The number of hydrogen-bond donors (Lipinski definition) is 1. The van der Waals surface area contributed by atoms with Crippen LogP contribution in [-0.2, 0) is 4.79 Å².